The summed E-state index contributed by atoms with van der Waals surface area (Å²) in [7, 11) is 3.39. The van der Waals surface area contributed by atoms with Crippen LogP contribution in [0.2, 0.25) is 0 Å². The SMILES string of the molecule is COc1cc2c3c(c4c(c2cc1OC)CN1CCC[C@H]1C4)C=CC(OC(=O)N1CCCCC1)C3. The Labute approximate surface area is 201 Å². The molecule has 0 radical (unpaired) electrons. The Morgan fingerprint density at radius 3 is 2.35 bits per heavy atom. The number of benzene rings is 2. The molecule has 1 amide bonds. The van der Waals surface area contributed by atoms with Gasteiger partial charge in [-0.2, -0.15) is 0 Å². The molecule has 0 bridgehead atoms. The van der Waals surface area contributed by atoms with E-state index in [0.29, 0.717) is 12.5 Å². The predicted octanol–water partition coefficient (Wildman–Crippen LogP) is 4.94. The van der Waals surface area contributed by atoms with Crippen molar-refractivity contribution in [3.63, 3.8) is 0 Å². The van der Waals surface area contributed by atoms with Gasteiger partial charge < -0.3 is 19.1 Å². The molecular formula is C28H34N2O4. The smallest absolute Gasteiger partial charge is 0.410 e. The van der Waals surface area contributed by atoms with Crippen LogP contribution in [-0.2, 0) is 24.1 Å². The van der Waals surface area contributed by atoms with E-state index >= 15 is 0 Å². The second kappa shape index (κ2) is 8.81. The normalized spacial score (nSPS) is 23.9. The van der Waals surface area contributed by atoms with Crippen LogP contribution in [0.25, 0.3) is 16.8 Å². The molecule has 2 atom stereocenters. The maximum absolute atomic E-state index is 12.8. The van der Waals surface area contributed by atoms with Crippen LogP contribution in [0.15, 0.2) is 18.2 Å². The summed E-state index contributed by atoms with van der Waals surface area (Å²) in [5.41, 5.74) is 5.47. The van der Waals surface area contributed by atoms with Crippen molar-refractivity contribution in [2.24, 2.45) is 0 Å². The summed E-state index contributed by atoms with van der Waals surface area (Å²) in [5.74, 6) is 1.50. The molecular weight excluding hydrogens is 428 g/mol. The number of carbonyl (C=O) groups excluding carboxylic acids is 1. The highest BCUT2D eigenvalue weighted by molar-refractivity contribution is 5.96. The van der Waals surface area contributed by atoms with E-state index in [0.717, 1.165) is 50.4 Å². The van der Waals surface area contributed by atoms with Crippen molar-refractivity contribution >= 4 is 22.9 Å². The van der Waals surface area contributed by atoms with Gasteiger partial charge in [-0.05, 0) is 96.3 Å². The van der Waals surface area contributed by atoms with Gasteiger partial charge in [0.25, 0.3) is 0 Å². The average molecular weight is 463 g/mol. The second-order valence-electron chi connectivity index (χ2n) is 10.1. The summed E-state index contributed by atoms with van der Waals surface area (Å²) in [4.78, 5) is 17.3. The van der Waals surface area contributed by atoms with Gasteiger partial charge in [0.2, 0.25) is 0 Å². The van der Waals surface area contributed by atoms with Gasteiger partial charge in [-0.3, -0.25) is 4.90 Å². The molecule has 2 fully saturated rings. The number of amides is 1. The van der Waals surface area contributed by atoms with Gasteiger partial charge in [0.1, 0.15) is 6.10 Å². The Morgan fingerprint density at radius 1 is 0.882 bits per heavy atom. The van der Waals surface area contributed by atoms with Crippen molar-refractivity contribution in [1.29, 1.82) is 0 Å². The highest BCUT2D eigenvalue weighted by Gasteiger charge is 2.35. The molecule has 1 unspecified atom stereocenters. The molecule has 0 saturated carbocycles. The highest BCUT2D eigenvalue weighted by atomic mass is 16.6. The molecule has 0 spiro atoms. The lowest BCUT2D eigenvalue weighted by molar-refractivity contribution is 0.0743. The molecule has 1 aliphatic carbocycles. The van der Waals surface area contributed by atoms with Crippen molar-refractivity contribution in [3.8, 4) is 11.5 Å². The van der Waals surface area contributed by atoms with E-state index in [1.807, 2.05) is 4.90 Å². The molecule has 34 heavy (non-hydrogen) atoms. The first-order chi connectivity index (χ1) is 16.7. The number of hydrogen-bond acceptors (Lipinski definition) is 5. The Kier molecular flexibility index (Phi) is 5.64. The first-order valence-electron chi connectivity index (χ1n) is 12.8. The Balaban J connectivity index is 1.42. The van der Waals surface area contributed by atoms with Gasteiger partial charge in [-0.25, -0.2) is 4.79 Å². The van der Waals surface area contributed by atoms with Gasteiger partial charge in [-0.1, -0.05) is 6.08 Å². The third-order valence-electron chi connectivity index (χ3n) is 8.24. The average Bonchev–Trinajstić information content (AvgIpc) is 3.35. The number of hydrogen-bond donors (Lipinski definition) is 0. The van der Waals surface area contributed by atoms with E-state index < -0.39 is 0 Å². The van der Waals surface area contributed by atoms with Crippen molar-refractivity contribution in [1.82, 2.24) is 9.80 Å². The minimum Gasteiger partial charge on any atom is -0.493 e. The zero-order valence-corrected chi connectivity index (χ0v) is 20.3. The Hall–Kier alpha value is -2.73. The van der Waals surface area contributed by atoms with Crippen LogP contribution in [0.4, 0.5) is 4.79 Å². The number of methoxy groups -OCH3 is 2. The topological polar surface area (TPSA) is 51.2 Å². The molecule has 2 aromatic carbocycles. The van der Waals surface area contributed by atoms with Crippen molar-refractivity contribution in [3.05, 3.63) is 40.5 Å². The molecule has 2 saturated heterocycles. The van der Waals surface area contributed by atoms with E-state index in [1.165, 1.54) is 58.8 Å². The molecule has 180 valence electrons. The van der Waals surface area contributed by atoms with Crippen LogP contribution in [0.5, 0.6) is 11.5 Å². The molecule has 0 N–H and O–H groups in total. The quantitative estimate of drug-likeness (QED) is 0.647. The summed E-state index contributed by atoms with van der Waals surface area (Å²) in [6, 6.07) is 4.90. The summed E-state index contributed by atoms with van der Waals surface area (Å²) in [5, 5.41) is 2.43. The van der Waals surface area contributed by atoms with Gasteiger partial charge in [-0.15, -0.1) is 0 Å². The maximum Gasteiger partial charge on any atom is 0.410 e. The standard InChI is InChI=1S/C28H34N2O4/c1-32-26-15-23-22-14-19(34-28(31)29-10-4-3-5-11-29)8-9-20(22)21-13-18-7-6-12-30(18)17-25(21)24(23)16-27(26)33-2/h8-9,15-16,18-19H,3-7,10-14,17H2,1-2H3/t18-,19?/m0/s1. The zero-order valence-electron chi connectivity index (χ0n) is 20.3. The Bertz CT molecular complexity index is 1150. The van der Waals surface area contributed by atoms with Crippen molar-refractivity contribution in [2.45, 2.75) is 63.6 Å². The molecule has 6 rings (SSSR count). The van der Waals surface area contributed by atoms with E-state index in [9.17, 15) is 4.79 Å². The first-order valence-corrected chi connectivity index (χ1v) is 12.8. The van der Waals surface area contributed by atoms with Gasteiger partial charge in [0.15, 0.2) is 11.5 Å². The van der Waals surface area contributed by atoms with Crippen LogP contribution in [-0.4, -0.2) is 61.9 Å². The highest BCUT2D eigenvalue weighted by Crippen LogP contribution is 2.44. The number of rotatable bonds is 3. The third kappa shape index (κ3) is 3.63. The van der Waals surface area contributed by atoms with E-state index in [2.05, 4.69) is 29.2 Å². The van der Waals surface area contributed by atoms with Crippen LogP contribution in [0.1, 0.15) is 54.4 Å². The van der Waals surface area contributed by atoms with Crippen LogP contribution >= 0.6 is 0 Å². The molecule has 6 nitrogen and oxygen atoms in total. The molecule has 0 aromatic heterocycles. The van der Waals surface area contributed by atoms with Gasteiger partial charge in [0, 0.05) is 32.1 Å². The number of likely N-dealkylation sites (tertiary alicyclic amines) is 1. The van der Waals surface area contributed by atoms with Crippen LogP contribution < -0.4 is 9.47 Å². The summed E-state index contributed by atoms with van der Waals surface area (Å²) >= 11 is 0. The number of piperidine rings is 1. The second-order valence-corrected chi connectivity index (χ2v) is 10.1. The molecule has 3 aliphatic heterocycles. The predicted molar refractivity (Wildman–Crippen MR) is 133 cm³/mol. The van der Waals surface area contributed by atoms with Crippen LogP contribution in [0, 0.1) is 0 Å². The monoisotopic (exact) mass is 462 g/mol. The molecule has 4 aliphatic rings. The largest absolute Gasteiger partial charge is 0.493 e. The molecule has 6 heteroatoms. The third-order valence-corrected chi connectivity index (χ3v) is 8.24. The summed E-state index contributed by atoms with van der Waals surface area (Å²) < 4.78 is 17.3. The lowest BCUT2D eigenvalue weighted by atomic mass is 9.80. The number of ether oxygens (including phenoxy) is 3. The lowest BCUT2D eigenvalue weighted by Crippen LogP contribution is -2.38. The van der Waals surface area contributed by atoms with E-state index in [1.54, 1.807) is 14.2 Å². The van der Waals surface area contributed by atoms with Gasteiger partial charge in [0.05, 0.1) is 14.2 Å². The van der Waals surface area contributed by atoms with E-state index in [-0.39, 0.29) is 12.2 Å². The summed E-state index contributed by atoms with van der Waals surface area (Å²) in [6.07, 6.45) is 11.5. The summed E-state index contributed by atoms with van der Waals surface area (Å²) in [6.45, 7) is 3.77. The minimum atomic E-state index is -0.247. The van der Waals surface area contributed by atoms with Gasteiger partial charge >= 0.3 is 6.09 Å². The van der Waals surface area contributed by atoms with Crippen LogP contribution in [0.3, 0.4) is 0 Å². The molecule has 2 aromatic rings. The van der Waals surface area contributed by atoms with Crippen molar-refractivity contribution in [2.75, 3.05) is 33.9 Å². The molecule has 3 heterocycles. The van der Waals surface area contributed by atoms with Crippen molar-refractivity contribution < 1.29 is 19.0 Å². The maximum atomic E-state index is 12.8. The fourth-order valence-corrected chi connectivity index (χ4v) is 6.47. The Morgan fingerprint density at radius 2 is 1.62 bits per heavy atom. The first kappa shape index (κ1) is 21.8. The number of fused-ring (bicyclic) bond motifs is 7. The van der Waals surface area contributed by atoms with E-state index in [4.69, 9.17) is 14.2 Å². The fourth-order valence-electron chi connectivity index (χ4n) is 6.47. The number of nitrogens with zero attached hydrogens (tertiary/aromatic N) is 2. The minimum absolute atomic E-state index is 0.180. The zero-order chi connectivity index (χ0) is 23.2. The number of carbonyl (C=O) groups is 1. The fraction of sp³-hybridized carbons (Fsp3) is 0.536. The lowest BCUT2D eigenvalue weighted by Gasteiger charge is -2.36.